The summed E-state index contributed by atoms with van der Waals surface area (Å²) >= 11 is 0.658. The number of methoxy groups -OCH3 is 1. The molecular formula is C23H26F3N3O5S. The van der Waals surface area contributed by atoms with Gasteiger partial charge in [0.15, 0.2) is 0 Å². The molecule has 1 aromatic carbocycles. The maximum absolute atomic E-state index is 12.4. The number of carbonyl (C=O) groups excluding carboxylic acids is 2. The van der Waals surface area contributed by atoms with E-state index in [1.165, 1.54) is 5.38 Å². The van der Waals surface area contributed by atoms with E-state index in [9.17, 15) is 33.0 Å². The highest BCUT2D eigenvalue weighted by molar-refractivity contribution is 7.11. The number of amides is 1. The number of allylic oxidation sites excluding steroid dienone is 1. The summed E-state index contributed by atoms with van der Waals surface area (Å²) in [4.78, 5) is 27.5. The van der Waals surface area contributed by atoms with E-state index in [2.05, 4.69) is 15.1 Å². The molecule has 1 saturated heterocycles. The number of rotatable bonds is 9. The highest BCUT2D eigenvalue weighted by Gasteiger charge is 2.37. The molecule has 0 spiro atoms. The Hall–Kier alpha value is -3.25. The fourth-order valence-electron chi connectivity index (χ4n) is 3.67. The van der Waals surface area contributed by atoms with Gasteiger partial charge in [0.25, 0.3) is 11.7 Å². The molecule has 3 rings (SSSR count). The summed E-state index contributed by atoms with van der Waals surface area (Å²) < 4.78 is 42.5. The number of para-hydroxylation sites is 2. The zero-order chi connectivity index (χ0) is 25.6. The lowest BCUT2D eigenvalue weighted by Crippen LogP contribution is -2.47. The van der Waals surface area contributed by atoms with Crippen LogP contribution in [0.5, 0.6) is 11.5 Å². The summed E-state index contributed by atoms with van der Waals surface area (Å²) in [5.74, 6) is -3.79. The Morgan fingerprint density at radius 2 is 1.89 bits per heavy atom. The molecule has 1 amide bonds. The summed E-state index contributed by atoms with van der Waals surface area (Å²) in [7, 11) is 1.65. The molecule has 1 fully saturated rings. The minimum absolute atomic E-state index is 0.0269. The number of aliphatic hydroxyl groups is 1. The first-order chi connectivity index (χ1) is 16.6. The number of ether oxygens (including phenoxy) is 1. The molecule has 0 bridgehead atoms. The average molecular weight is 514 g/mol. The number of aromatic hydroxyl groups is 1. The van der Waals surface area contributed by atoms with Crippen molar-refractivity contribution < 1.29 is 37.7 Å². The van der Waals surface area contributed by atoms with Crippen molar-refractivity contribution in [1.29, 1.82) is 0 Å². The molecule has 0 unspecified atom stereocenters. The number of hydrogen-bond donors (Lipinski definition) is 3. The van der Waals surface area contributed by atoms with Gasteiger partial charge in [0.05, 0.1) is 18.4 Å². The Morgan fingerprint density at radius 1 is 1.20 bits per heavy atom. The summed E-state index contributed by atoms with van der Waals surface area (Å²) in [5, 5.41) is 23.7. The molecule has 190 valence electrons. The van der Waals surface area contributed by atoms with Crippen molar-refractivity contribution in [1.82, 2.24) is 10.2 Å². The summed E-state index contributed by atoms with van der Waals surface area (Å²) in [6.07, 6.45) is -4.52. The molecule has 1 aliphatic heterocycles. The molecule has 1 aromatic heterocycles. The summed E-state index contributed by atoms with van der Waals surface area (Å²) in [6, 6.07) is 7.86. The number of benzene rings is 1. The van der Waals surface area contributed by atoms with E-state index in [0.717, 1.165) is 44.2 Å². The Kier molecular flexibility index (Phi) is 8.62. The number of ketones is 1. The van der Waals surface area contributed by atoms with Crippen LogP contribution in [0.1, 0.15) is 21.7 Å². The van der Waals surface area contributed by atoms with Gasteiger partial charge < -0.3 is 25.2 Å². The first-order valence-electron chi connectivity index (χ1n) is 10.8. The van der Waals surface area contributed by atoms with Crippen LogP contribution in [0.2, 0.25) is 0 Å². The van der Waals surface area contributed by atoms with E-state index >= 15 is 0 Å². The van der Waals surface area contributed by atoms with Crippen molar-refractivity contribution in [3.63, 3.8) is 0 Å². The molecule has 0 saturated carbocycles. The second-order valence-corrected chi connectivity index (χ2v) is 8.71. The quantitative estimate of drug-likeness (QED) is 0.268. The van der Waals surface area contributed by atoms with Crippen molar-refractivity contribution >= 4 is 34.5 Å². The third-order valence-corrected chi connectivity index (χ3v) is 6.52. The standard InChI is InChI=1S/C23H26F3N3O5S/c1-34-18-6-3-2-5-16(18)29-11-9-28(10-12-29)8-4-7-27-22(33)15-14-35-21(20(15)32)17(30)13-19(31)23(24,25)26/h2-3,5-6,13-14,30,32H,4,7-12H2,1H3,(H,27,33). The van der Waals surface area contributed by atoms with Gasteiger partial charge in [-0.15, -0.1) is 11.3 Å². The molecule has 0 atom stereocenters. The van der Waals surface area contributed by atoms with E-state index in [0.29, 0.717) is 24.3 Å². The van der Waals surface area contributed by atoms with E-state index in [1.54, 1.807) is 7.11 Å². The second kappa shape index (κ2) is 11.5. The number of hydrogen-bond acceptors (Lipinski definition) is 8. The Balaban J connectivity index is 1.44. The van der Waals surface area contributed by atoms with E-state index in [4.69, 9.17) is 4.74 Å². The highest BCUT2D eigenvalue weighted by Crippen LogP contribution is 2.34. The van der Waals surface area contributed by atoms with Gasteiger partial charge in [-0.25, -0.2) is 0 Å². The predicted octanol–water partition coefficient (Wildman–Crippen LogP) is 3.43. The SMILES string of the molecule is COc1ccccc1N1CCN(CCCNC(=O)c2csc(C(O)=CC(=O)C(F)(F)F)c2O)CC1. The molecule has 3 N–H and O–H groups in total. The predicted molar refractivity (Wildman–Crippen MR) is 126 cm³/mol. The number of thiophene rings is 1. The number of alkyl halides is 3. The van der Waals surface area contributed by atoms with Crippen LogP contribution in [-0.2, 0) is 4.79 Å². The van der Waals surface area contributed by atoms with Crippen LogP contribution in [0.3, 0.4) is 0 Å². The normalized spacial score (nSPS) is 15.2. The first kappa shape index (κ1) is 26.4. The van der Waals surface area contributed by atoms with Crippen LogP contribution in [0.25, 0.3) is 5.76 Å². The molecule has 2 heterocycles. The van der Waals surface area contributed by atoms with Gasteiger partial charge in [-0.1, -0.05) is 12.1 Å². The number of anilines is 1. The number of aliphatic hydroxyl groups excluding tert-OH is 1. The molecule has 0 aliphatic carbocycles. The lowest BCUT2D eigenvalue weighted by molar-refractivity contribution is -0.165. The van der Waals surface area contributed by atoms with Gasteiger partial charge in [0.2, 0.25) is 0 Å². The second-order valence-electron chi connectivity index (χ2n) is 7.83. The van der Waals surface area contributed by atoms with Crippen molar-refractivity contribution in [2.75, 3.05) is 51.3 Å². The van der Waals surface area contributed by atoms with Crippen molar-refractivity contribution in [2.45, 2.75) is 12.6 Å². The number of halogens is 3. The van der Waals surface area contributed by atoms with Crippen LogP contribution < -0.4 is 15.0 Å². The number of nitrogens with zero attached hydrogens (tertiary/aromatic N) is 2. The van der Waals surface area contributed by atoms with E-state index in [1.807, 2.05) is 24.3 Å². The fourth-order valence-corrected chi connectivity index (χ4v) is 4.52. The Bertz CT molecular complexity index is 1080. The van der Waals surface area contributed by atoms with Crippen LogP contribution in [0.15, 0.2) is 35.7 Å². The molecule has 12 heteroatoms. The molecule has 1 aliphatic rings. The zero-order valence-corrected chi connectivity index (χ0v) is 19.8. The fraction of sp³-hybridized carbons (Fsp3) is 0.391. The first-order valence-corrected chi connectivity index (χ1v) is 11.7. The third-order valence-electron chi connectivity index (χ3n) is 5.52. The smallest absolute Gasteiger partial charge is 0.454 e. The van der Waals surface area contributed by atoms with E-state index < -0.39 is 29.4 Å². The van der Waals surface area contributed by atoms with E-state index in [-0.39, 0.29) is 16.5 Å². The number of piperazine rings is 1. The topological polar surface area (TPSA) is 102 Å². The Labute approximate surface area is 204 Å². The molecule has 2 aromatic rings. The molecule has 35 heavy (non-hydrogen) atoms. The highest BCUT2D eigenvalue weighted by atomic mass is 32.1. The van der Waals surface area contributed by atoms with Crippen LogP contribution in [-0.4, -0.2) is 79.4 Å². The summed E-state index contributed by atoms with van der Waals surface area (Å²) in [6.45, 7) is 4.46. The molecular weight excluding hydrogens is 487 g/mol. The van der Waals surface area contributed by atoms with Crippen molar-refractivity contribution in [3.8, 4) is 11.5 Å². The Morgan fingerprint density at radius 3 is 2.54 bits per heavy atom. The van der Waals surface area contributed by atoms with Crippen molar-refractivity contribution in [2.24, 2.45) is 0 Å². The van der Waals surface area contributed by atoms with Gasteiger partial charge in [0, 0.05) is 44.2 Å². The van der Waals surface area contributed by atoms with Gasteiger partial charge >= 0.3 is 6.18 Å². The van der Waals surface area contributed by atoms with Gasteiger partial charge in [-0.2, -0.15) is 13.2 Å². The van der Waals surface area contributed by atoms with Gasteiger partial charge in [-0.3, -0.25) is 14.5 Å². The monoisotopic (exact) mass is 513 g/mol. The number of carbonyl (C=O) groups is 2. The lowest BCUT2D eigenvalue weighted by Gasteiger charge is -2.36. The van der Waals surface area contributed by atoms with Crippen LogP contribution in [0.4, 0.5) is 18.9 Å². The average Bonchev–Trinajstić information content (AvgIpc) is 3.23. The third kappa shape index (κ3) is 6.67. The van der Waals surface area contributed by atoms with Gasteiger partial charge in [-0.05, 0) is 25.1 Å². The maximum Gasteiger partial charge on any atom is 0.454 e. The van der Waals surface area contributed by atoms with Gasteiger partial charge in [0.1, 0.15) is 22.1 Å². The van der Waals surface area contributed by atoms with Crippen molar-refractivity contribution in [3.05, 3.63) is 46.2 Å². The minimum Gasteiger partial charge on any atom is -0.506 e. The molecule has 0 radical (unpaired) electrons. The largest absolute Gasteiger partial charge is 0.506 e. The number of nitrogens with one attached hydrogen (secondary N) is 1. The maximum atomic E-state index is 12.4. The zero-order valence-electron chi connectivity index (χ0n) is 19.0. The van der Waals surface area contributed by atoms with Crippen LogP contribution >= 0.6 is 11.3 Å². The lowest BCUT2D eigenvalue weighted by atomic mass is 10.2. The minimum atomic E-state index is -5.15. The van der Waals surface area contributed by atoms with Crippen LogP contribution in [0, 0.1) is 0 Å². The molecule has 8 nitrogen and oxygen atoms in total. The summed E-state index contributed by atoms with van der Waals surface area (Å²) in [5.41, 5.74) is 0.871.